The molecule has 112 valence electrons. The van der Waals surface area contributed by atoms with Gasteiger partial charge < -0.3 is 5.32 Å². The number of rotatable bonds is 4. The molecule has 1 heterocycles. The van der Waals surface area contributed by atoms with Crippen molar-refractivity contribution in [2.45, 2.75) is 26.7 Å². The van der Waals surface area contributed by atoms with E-state index in [0.29, 0.717) is 6.42 Å². The lowest BCUT2D eigenvalue weighted by molar-refractivity contribution is -0.116. The molecule has 0 bridgehead atoms. The summed E-state index contributed by atoms with van der Waals surface area (Å²) in [5.41, 5.74) is 2.90. The Labute approximate surface area is 121 Å². The summed E-state index contributed by atoms with van der Waals surface area (Å²) in [6, 6.07) is 3.06. The van der Waals surface area contributed by atoms with Gasteiger partial charge in [-0.1, -0.05) is 0 Å². The van der Waals surface area contributed by atoms with Gasteiger partial charge in [0.15, 0.2) is 0 Å². The lowest BCUT2D eigenvalue weighted by Crippen LogP contribution is -2.14. The number of amides is 1. The van der Waals surface area contributed by atoms with E-state index in [1.54, 1.807) is 4.68 Å². The smallest absolute Gasteiger partial charge is 0.224 e. The third kappa shape index (κ3) is 3.45. The molecule has 4 nitrogen and oxygen atoms in total. The third-order valence-corrected chi connectivity index (χ3v) is 3.47. The van der Waals surface area contributed by atoms with Crippen LogP contribution in [0.1, 0.15) is 23.4 Å². The van der Waals surface area contributed by atoms with Gasteiger partial charge in [-0.3, -0.25) is 9.48 Å². The lowest BCUT2D eigenvalue weighted by Gasteiger charge is -2.07. The molecule has 0 radical (unpaired) electrons. The van der Waals surface area contributed by atoms with Crippen molar-refractivity contribution in [1.82, 2.24) is 9.78 Å². The number of carbonyl (C=O) groups is 1. The Morgan fingerprint density at radius 3 is 2.62 bits per heavy atom. The molecule has 0 aliphatic carbocycles. The van der Waals surface area contributed by atoms with E-state index in [1.807, 2.05) is 20.9 Å². The Hall–Kier alpha value is -2.24. The number of halogens is 2. The van der Waals surface area contributed by atoms with Gasteiger partial charge in [0.2, 0.25) is 5.91 Å². The minimum Gasteiger partial charge on any atom is -0.324 e. The average molecular weight is 293 g/mol. The average Bonchev–Trinajstić information content (AvgIpc) is 2.65. The van der Waals surface area contributed by atoms with Crippen LogP contribution in [0.3, 0.4) is 0 Å². The first-order valence-electron chi connectivity index (χ1n) is 6.62. The summed E-state index contributed by atoms with van der Waals surface area (Å²) in [6.45, 7) is 3.83. The van der Waals surface area contributed by atoms with E-state index in [-0.39, 0.29) is 18.0 Å². The standard InChI is InChI=1S/C15H17F2N3O/c1-9-12(10(2)20(3)19-9)5-7-15(21)18-14-6-4-11(16)8-13(14)17/h4,6,8H,5,7H2,1-3H3,(H,18,21). The molecule has 1 aromatic carbocycles. The van der Waals surface area contributed by atoms with E-state index in [0.717, 1.165) is 29.1 Å². The maximum atomic E-state index is 13.4. The SMILES string of the molecule is Cc1nn(C)c(C)c1CCC(=O)Nc1ccc(F)cc1F. The molecule has 0 unspecified atom stereocenters. The minimum absolute atomic E-state index is 0.0129. The van der Waals surface area contributed by atoms with Crippen LogP contribution in [-0.4, -0.2) is 15.7 Å². The van der Waals surface area contributed by atoms with Gasteiger partial charge in [-0.05, 0) is 38.0 Å². The molecule has 1 aromatic heterocycles. The molecule has 1 N–H and O–H groups in total. The molecule has 0 fully saturated rings. The van der Waals surface area contributed by atoms with Gasteiger partial charge in [0.25, 0.3) is 0 Å². The number of aryl methyl sites for hydroxylation is 2. The van der Waals surface area contributed by atoms with Crippen LogP contribution in [0.25, 0.3) is 0 Å². The highest BCUT2D eigenvalue weighted by atomic mass is 19.1. The Morgan fingerprint density at radius 2 is 2.05 bits per heavy atom. The molecule has 2 rings (SSSR count). The van der Waals surface area contributed by atoms with E-state index in [2.05, 4.69) is 10.4 Å². The molecule has 0 aliphatic rings. The number of benzene rings is 1. The molecule has 21 heavy (non-hydrogen) atoms. The number of hydrogen-bond acceptors (Lipinski definition) is 2. The van der Waals surface area contributed by atoms with Crippen molar-refractivity contribution < 1.29 is 13.6 Å². The largest absolute Gasteiger partial charge is 0.324 e. The summed E-state index contributed by atoms with van der Waals surface area (Å²) in [7, 11) is 1.85. The maximum Gasteiger partial charge on any atom is 0.224 e. The summed E-state index contributed by atoms with van der Waals surface area (Å²) >= 11 is 0. The van der Waals surface area contributed by atoms with Crippen LogP contribution in [0, 0.1) is 25.5 Å². The third-order valence-electron chi connectivity index (χ3n) is 3.47. The van der Waals surface area contributed by atoms with Crippen LogP contribution in [0.5, 0.6) is 0 Å². The van der Waals surface area contributed by atoms with Gasteiger partial charge in [-0.25, -0.2) is 8.78 Å². The highest BCUT2D eigenvalue weighted by molar-refractivity contribution is 5.90. The Kier molecular flexibility index (Phi) is 4.35. The monoisotopic (exact) mass is 293 g/mol. The fraction of sp³-hybridized carbons (Fsp3) is 0.333. The molecular formula is C15H17F2N3O. The summed E-state index contributed by atoms with van der Waals surface area (Å²) < 4.78 is 28.0. The molecule has 0 spiro atoms. The zero-order valence-corrected chi connectivity index (χ0v) is 12.2. The van der Waals surface area contributed by atoms with Crippen molar-refractivity contribution in [2.24, 2.45) is 7.05 Å². The molecular weight excluding hydrogens is 276 g/mol. The fourth-order valence-electron chi connectivity index (χ4n) is 2.22. The highest BCUT2D eigenvalue weighted by Crippen LogP contribution is 2.17. The van der Waals surface area contributed by atoms with Crippen molar-refractivity contribution in [2.75, 3.05) is 5.32 Å². The van der Waals surface area contributed by atoms with Gasteiger partial charge in [0, 0.05) is 25.2 Å². The molecule has 6 heteroatoms. The van der Waals surface area contributed by atoms with Crippen molar-refractivity contribution in [3.8, 4) is 0 Å². The lowest BCUT2D eigenvalue weighted by atomic mass is 10.1. The van der Waals surface area contributed by atoms with Crippen molar-refractivity contribution in [3.05, 3.63) is 46.8 Å². The number of nitrogens with one attached hydrogen (secondary N) is 1. The van der Waals surface area contributed by atoms with Crippen LogP contribution in [0.15, 0.2) is 18.2 Å². The van der Waals surface area contributed by atoms with Gasteiger partial charge in [-0.15, -0.1) is 0 Å². The van der Waals surface area contributed by atoms with E-state index in [1.165, 1.54) is 6.07 Å². The Balaban J connectivity index is 1.99. The fourth-order valence-corrected chi connectivity index (χ4v) is 2.22. The predicted octanol–water partition coefficient (Wildman–Crippen LogP) is 2.89. The highest BCUT2D eigenvalue weighted by Gasteiger charge is 2.12. The second-order valence-corrected chi connectivity index (χ2v) is 4.95. The minimum atomic E-state index is -0.780. The van der Waals surface area contributed by atoms with E-state index in [9.17, 15) is 13.6 Å². The molecule has 0 saturated heterocycles. The van der Waals surface area contributed by atoms with Crippen LogP contribution in [0.2, 0.25) is 0 Å². The molecule has 2 aromatic rings. The van der Waals surface area contributed by atoms with Crippen molar-refractivity contribution >= 4 is 11.6 Å². The van der Waals surface area contributed by atoms with Gasteiger partial charge in [0.1, 0.15) is 11.6 Å². The number of hydrogen-bond donors (Lipinski definition) is 1. The van der Waals surface area contributed by atoms with Crippen LogP contribution >= 0.6 is 0 Å². The number of aromatic nitrogens is 2. The molecule has 1 amide bonds. The number of nitrogens with zero attached hydrogens (tertiary/aromatic N) is 2. The molecule has 0 aliphatic heterocycles. The predicted molar refractivity (Wildman–Crippen MR) is 76.0 cm³/mol. The van der Waals surface area contributed by atoms with E-state index in [4.69, 9.17) is 0 Å². The maximum absolute atomic E-state index is 13.4. The zero-order valence-electron chi connectivity index (χ0n) is 12.2. The summed E-state index contributed by atoms with van der Waals surface area (Å²) in [5.74, 6) is -1.77. The normalized spacial score (nSPS) is 10.7. The Morgan fingerprint density at radius 1 is 1.33 bits per heavy atom. The quantitative estimate of drug-likeness (QED) is 0.942. The first-order valence-corrected chi connectivity index (χ1v) is 6.62. The van der Waals surface area contributed by atoms with Gasteiger partial charge in [0.05, 0.1) is 11.4 Å². The number of anilines is 1. The van der Waals surface area contributed by atoms with Crippen LogP contribution in [-0.2, 0) is 18.3 Å². The van der Waals surface area contributed by atoms with Crippen molar-refractivity contribution in [3.63, 3.8) is 0 Å². The Bertz CT molecular complexity index is 680. The van der Waals surface area contributed by atoms with E-state index < -0.39 is 11.6 Å². The number of carbonyl (C=O) groups excluding carboxylic acids is 1. The second kappa shape index (κ2) is 6.03. The summed E-state index contributed by atoms with van der Waals surface area (Å²) in [5, 5.41) is 6.73. The van der Waals surface area contributed by atoms with Gasteiger partial charge >= 0.3 is 0 Å². The molecule has 0 atom stereocenters. The first-order chi connectivity index (χ1) is 9.88. The van der Waals surface area contributed by atoms with Crippen molar-refractivity contribution in [1.29, 1.82) is 0 Å². The van der Waals surface area contributed by atoms with Crippen LogP contribution < -0.4 is 5.32 Å². The summed E-state index contributed by atoms with van der Waals surface area (Å²) in [6.07, 6.45) is 0.740. The first kappa shape index (κ1) is 15.2. The topological polar surface area (TPSA) is 46.9 Å². The summed E-state index contributed by atoms with van der Waals surface area (Å²) in [4.78, 5) is 11.9. The second-order valence-electron chi connectivity index (χ2n) is 4.95. The zero-order chi connectivity index (χ0) is 15.6. The molecule has 0 saturated carbocycles. The van der Waals surface area contributed by atoms with Gasteiger partial charge in [-0.2, -0.15) is 5.10 Å². The van der Waals surface area contributed by atoms with Crippen LogP contribution in [0.4, 0.5) is 14.5 Å². The van der Waals surface area contributed by atoms with E-state index >= 15 is 0 Å².